The van der Waals surface area contributed by atoms with Crippen LogP contribution in [0.3, 0.4) is 0 Å². The van der Waals surface area contributed by atoms with Crippen molar-refractivity contribution in [1.29, 1.82) is 0 Å². The molecule has 32 heavy (non-hydrogen) atoms. The van der Waals surface area contributed by atoms with Gasteiger partial charge in [0.2, 0.25) is 10.0 Å². The Balaban J connectivity index is 1.64. The molecule has 2 aromatic rings. The zero-order chi connectivity index (χ0) is 23.3. The van der Waals surface area contributed by atoms with Crippen LogP contribution in [0.25, 0.3) is 0 Å². The molecule has 0 aliphatic carbocycles. The van der Waals surface area contributed by atoms with E-state index in [0.717, 1.165) is 23.8 Å². The van der Waals surface area contributed by atoms with Gasteiger partial charge in [0.25, 0.3) is 5.91 Å². The number of rotatable bonds is 7. The summed E-state index contributed by atoms with van der Waals surface area (Å²) in [7, 11) is -3.92. The van der Waals surface area contributed by atoms with Crippen LogP contribution in [0.15, 0.2) is 47.4 Å². The van der Waals surface area contributed by atoms with E-state index in [-0.39, 0.29) is 31.2 Å². The number of ether oxygens (including phenoxy) is 2. The Labute approximate surface area is 186 Å². The Hall–Kier alpha value is -2.82. The summed E-state index contributed by atoms with van der Waals surface area (Å²) >= 11 is 0. The third-order valence-corrected chi connectivity index (χ3v) is 6.86. The minimum Gasteiger partial charge on any atom is -0.452 e. The third-order valence-electron chi connectivity index (χ3n) is 4.96. The van der Waals surface area contributed by atoms with E-state index in [1.807, 2.05) is 26.0 Å². The molecule has 0 bridgehead atoms. The van der Waals surface area contributed by atoms with Gasteiger partial charge in [0.05, 0.1) is 23.7 Å². The standard InChI is InChI=1S/C22H25FN2O6S/c1-15(2)16-3-5-17(6-4-16)24-21(26)14-31-22(27)19-13-18(7-8-20(19)23)32(28,29)25-9-11-30-12-10-25/h3-8,13,15H,9-12,14H2,1-2H3,(H,24,26). The summed E-state index contributed by atoms with van der Waals surface area (Å²) in [4.78, 5) is 24.2. The summed E-state index contributed by atoms with van der Waals surface area (Å²) < 4.78 is 50.9. The molecule has 1 aliphatic rings. The molecule has 1 aliphatic heterocycles. The smallest absolute Gasteiger partial charge is 0.341 e. The fraction of sp³-hybridized carbons (Fsp3) is 0.364. The van der Waals surface area contributed by atoms with Crippen LogP contribution in [-0.2, 0) is 24.3 Å². The minimum atomic E-state index is -3.92. The number of sulfonamides is 1. The molecule has 1 amide bonds. The summed E-state index contributed by atoms with van der Waals surface area (Å²) in [5, 5.41) is 2.58. The van der Waals surface area contributed by atoms with Gasteiger partial charge < -0.3 is 14.8 Å². The number of carbonyl (C=O) groups is 2. The van der Waals surface area contributed by atoms with Crippen molar-refractivity contribution >= 4 is 27.6 Å². The number of halogens is 1. The number of anilines is 1. The molecule has 3 rings (SSSR count). The average molecular weight is 465 g/mol. The highest BCUT2D eigenvalue weighted by atomic mass is 32.2. The molecule has 0 atom stereocenters. The van der Waals surface area contributed by atoms with Gasteiger partial charge >= 0.3 is 5.97 Å². The molecule has 8 nitrogen and oxygen atoms in total. The van der Waals surface area contributed by atoms with E-state index >= 15 is 0 Å². The van der Waals surface area contributed by atoms with E-state index in [1.165, 1.54) is 4.31 Å². The second-order valence-electron chi connectivity index (χ2n) is 7.56. The zero-order valence-electron chi connectivity index (χ0n) is 17.8. The molecular formula is C22H25FN2O6S. The first-order valence-electron chi connectivity index (χ1n) is 10.1. The first kappa shape index (κ1) is 23.8. The van der Waals surface area contributed by atoms with Crippen LogP contribution in [0.2, 0.25) is 0 Å². The molecule has 2 aromatic carbocycles. The van der Waals surface area contributed by atoms with Crippen LogP contribution < -0.4 is 5.32 Å². The Morgan fingerprint density at radius 1 is 1.12 bits per heavy atom. The van der Waals surface area contributed by atoms with E-state index in [0.29, 0.717) is 11.6 Å². The van der Waals surface area contributed by atoms with Crippen molar-refractivity contribution in [3.8, 4) is 0 Å². The number of esters is 1. The second kappa shape index (κ2) is 10.2. The molecule has 0 aromatic heterocycles. The van der Waals surface area contributed by atoms with E-state index in [1.54, 1.807) is 12.1 Å². The van der Waals surface area contributed by atoms with Crippen LogP contribution in [0.4, 0.5) is 10.1 Å². The molecule has 0 saturated carbocycles. The van der Waals surface area contributed by atoms with Crippen molar-refractivity contribution in [2.24, 2.45) is 0 Å². The van der Waals surface area contributed by atoms with E-state index < -0.39 is 39.9 Å². The quantitative estimate of drug-likeness (QED) is 0.633. The largest absolute Gasteiger partial charge is 0.452 e. The molecule has 1 fully saturated rings. The maximum absolute atomic E-state index is 14.2. The van der Waals surface area contributed by atoms with Crippen molar-refractivity contribution in [1.82, 2.24) is 4.31 Å². The zero-order valence-corrected chi connectivity index (χ0v) is 18.7. The lowest BCUT2D eigenvalue weighted by atomic mass is 10.0. The van der Waals surface area contributed by atoms with Crippen molar-refractivity contribution in [3.05, 3.63) is 59.4 Å². The topological polar surface area (TPSA) is 102 Å². The van der Waals surface area contributed by atoms with E-state index in [2.05, 4.69) is 5.32 Å². The molecule has 0 unspecified atom stereocenters. The molecule has 172 valence electrons. The number of nitrogens with one attached hydrogen (secondary N) is 1. The fourth-order valence-corrected chi connectivity index (χ4v) is 4.55. The van der Waals surface area contributed by atoms with Gasteiger partial charge in [-0.2, -0.15) is 4.31 Å². The highest BCUT2D eigenvalue weighted by molar-refractivity contribution is 7.89. The van der Waals surface area contributed by atoms with Crippen LogP contribution in [0.5, 0.6) is 0 Å². The van der Waals surface area contributed by atoms with Crippen molar-refractivity contribution in [2.75, 3.05) is 38.2 Å². The maximum Gasteiger partial charge on any atom is 0.341 e. The molecule has 1 N–H and O–H groups in total. The lowest BCUT2D eigenvalue weighted by molar-refractivity contribution is -0.119. The number of amides is 1. The van der Waals surface area contributed by atoms with Crippen LogP contribution in [-0.4, -0.2) is 57.5 Å². The van der Waals surface area contributed by atoms with E-state index in [9.17, 15) is 22.4 Å². The normalized spacial score (nSPS) is 14.9. The van der Waals surface area contributed by atoms with E-state index in [4.69, 9.17) is 9.47 Å². The van der Waals surface area contributed by atoms with Crippen molar-refractivity contribution in [2.45, 2.75) is 24.7 Å². The molecule has 1 saturated heterocycles. The Morgan fingerprint density at radius 3 is 2.41 bits per heavy atom. The van der Waals surface area contributed by atoms with Gasteiger partial charge in [0, 0.05) is 18.8 Å². The molecule has 0 radical (unpaired) electrons. The average Bonchev–Trinajstić information content (AvgIpc) is 2.78. The number of nitrogens with zero attached hydrogens (tertiary/aromatic N) is 1. The number of hydrogen-bond acceptors (Lipinski definition) is 6. The first-order chi connectivity index (χ1) is 15.2. The highest BCUT2D eigenvalue weighted by Gasteiger charge is 2.28. The molecule has 0 spiro atoms. The fourth-order valence-electron chi connectivity index (χ4n) is 3.11. The second-order valence-corrected chi connectivity index (χ2v) is 9.50. The lowest BCUT2D eigenvalue weighted by Crippen LogP contribution is -2.40. The number of benzene rings is 2. The highest BCUT2D eigenvalue weighted by Crippen LogP contribution is 2.21. The van der Waals surface area contributed by atoms with Gasteiger partial charge in [-0.1, -0.05) is 26.0 Å². The van der Waals surface area contributed by atoms with Crippen molar-refractivity contribution < 1.29 is 31.9 Å². The SMILES string of the molecule is CC(C)c1ccc(NC(=O)COC(=O)c2cc(S(=O)(=O)N3CCOCC3)ccc2F)cc1. The summed E-state index contributed by atoms with van der Waals surface area (Å²) in [5.41, 5.74) is 1.07. The van der Waals surface area contributed by atoms with Gasteiger partial charge in [-0.15, -0.1) is 0 Å². The molecular weight excluding hydrogens is 439 g/mol. The lowest BCUT2D eigenvalue weighted by Gasteiger charge is -2.26. The van der Waals surface area contributed by atoms with Crippen LogP contribution in [0, 0.1) is 5.82 Å². The van der Waals surface area contributed by atoms with Crippen molar-refractivity contribution in [3.63, 3.8) is 0 Å². The van der Waals surface area contributed by atoms with Crippen LogP contribution in [0.1, 0.15) is 35.7 Å². The van der Waals surface area contributed by atoms with Gasteiger partial charge in [-0.3, -0.25) is 4.79 Å². The maximum atomic E-state index is 14.2. The Morgan fingerprint density at radius 2 is 1.78 bits per heavy atom. The minimum absolute atomic E-state index is 0.164. The third kappa shape index (κ3) is 5.70. The van der Waals surface area contributed by atoms with Gasteiger partial charge in [-0.05, 0) is 41.8 Å². The summed E-state index contributed by atoms with van der Waals surface area (Å²) in [6, 6.07) is 10.1. The van der Waals surface area contributed by atoms with Gasteiger partial charge in [0.15, 0.2) is 6.61 Å². The van der Waals surface area contributed by atoms with Gasteiger partial charge in [0.1, 0.15) is 5.82 Å². The first-order valence-corrected chi connectivity index (χ1v) is 11.6. The predicted octanol–water partition coefficient (Wildman–Crippen LogP) is 2.77. The number of carbonyl (C=O) groups excluding carboxylic acids is 2. The monoisotopic (exact) mass is 464 g/mol. The summed E-state index contributed by atoms with van der Waals surface area (Å²) in [5.74, 6) is -2.33. The number of hydrogen-bond donors (Lipinski definition) is 1. The van der Waals surface area contributed by atoms with Gasteiger partial charge in [-0.25, -0.2) is 17.6 Å². The number of morpholine rings is 1. The Kier molecular flexibility index (Phi) is 7.60. The summed E-state index contributed by atoms with van der Waals surface area (Å²) in [6.07, 6.45) is 0. The van der Waals surface area contributed by atoms with Crippen LogP contribution >= 0.6 is 0 Å². The molecule has 1 heterocycles. The Bertz CT molecular complexity index is 1080. The molecule has 10 heteroatoms. The predicted molar refractivity (Wildman–Crippen MR) is 115 cm³/mol. The summed E-state index contributed by atoms with van der Waals surface area (Å²) in [6.45, 7) is 4.29.